The summed E-state index contributed by atoms with van der Waals surface area (Å²) in [4.78, 5) is 1.35. The Bertz CT molecular complexity index is 167. The average Bonchev–Trinajstić information content (AvgIpc) is 2.30. The monoisotopic (exact) mass is 197 g/mol. The SMILES string of the molecule is CC1CN(CC(F)(F)CO)CC1F. The van der Waals surface area contributed by atoms with Crippen LogP contribution in [0.3, 0.4) is 0 Å². The van der Waals surface area contributed by atoms with Crippen molar-refractivity contribution in [2.45, 2.75) is 19.0 Å². The molecule has 0 aromatic rings. The fourth-order valence-electron chi connectivity index (χ4n) is 1.53. The molecule has 1 saturated heterocycles. The number of hydrogen-bond acceptors (Lipinski definition) is 2. The van der Waals surface area contributed by atoms with Crippen LogP contribution in [-0.4, -0.2) is 48.3 Å². The van der Waals surface area contributed by atoms with Gasteiger partial charge < -0.3 is 5.11 Å². The first-order chi connectivity index (χ1) is 5.94. The van der Waals surface area contributed by atoms with E-state index in [1.54, 1.807) is 6.92 Å². The van der Waals surface area contributed by atoms with Gasteiger partial charge in [0.25, 0.3) is 5.92 Å². The van der Waals surface area contributed by atoms with Crippen molar-refractivity contribution in [3.63, 3.8) is 0 Å². The van der Waals surface area contributed by atoms with Crippen LogP contribution in [0.1, 0.15) is 6.92 Å². The van der Waals surface area contributed by atoms with Crippen LogP contribution in [0.5, 0.6) is 0 Å². The van der Waals surface area contributed by atoms with Gasteiger partial charge in [-0.2, -0.15) is 0 Å². The Balaban J connectivity index is 2.40. The van der Waals surface area contributed by atoms with Gasteiger partial charge in [-0.05, 0) is 0 Å². The Kier molecular flexibility index (Phi) is 3.18. The highest BCUT2D eigenvalue weighted by atomic mass is 19.3. The van der Waals surface area contributed by atoms with Gasteiger partial charge in [0.1, 0.15) is 12.8 Å². The first-order valence-electron chi connectivity index (χ1n) is 4.30. The van der Waals surface area contributed by atoms with E-state index in [0.717, 1.165) is 0 Å². The maximum absolute atomic E-state index is 12.9. The fraction of sp³-hybridized carbons (Fsp3) is 1.00. The lowest BCUT2D eigenvalue weighted by molar-refractivity contribution is -0.0700. The van der Waals surface area contributed by atoms with Crippen LogP contribution < -0.4 is 0 Å². The first-order valence-corrected chi connectivity index (χ1v) is 4.30. The summed E-state index contributed by atoms with van der Waals surface area (Å²) in [5.74, 6) is -3.29. The predicted molar refractivity (Wildman–Crippen MR) is 42.5 cm³/mol. The van der Waals surface area contributed by atoms with E-state index in [0.29, 0.717) is 6.54 Å². The number of hydrogen-bond donors (Lipinski definition) is 1. The van der Waals surface area contributed by atoms with E-state index in [1.165, 1.54) is 4.90 Å². The molecule has 5 heteroatoms. The first kappa shape index (κ1) is 10.8. The molecule has 2 nitrogen and oxygen atoms in total. The van der Waals surface area contributed by atoms with Crippen LogP contribution >= 0.6 is 0 Å². The van der Waals surface area contributed by atoms with Gasteiger partial charge in [0, 0.05) is 19.0 Å². The predicted octanol–water partition coefficient (Wildman–Crippen LogP) is 0.904. The summed E-state index contributed by atoms with van der Waals surface area (Å²) in [6.07, 6.45) is -1.02. The highest BCUT2D eigenvalue weighted by Gasteiger charge is 2.36. The second kappa shape index (κ2) is 3.84. The Morgan fingerprint density at radius 1 is 1.46 bits per heavy atom. The van der Waals surface area contributed by atoms with E-state index >= 15 is 0 Å². The van der Waals surface area contributed by atoms with Crippen LogP contribution in [0, 0.1) is 5.92 Å². The Labute approximate surface area is 75.3 Å². The van der Waals surface area contributed by atoms with E-state index in [4.69, 9.17) is 5.11 Å². The van der Waals surface area contributed by atoms with Crippen molar-refractivity contribution in [2.75, 3.05) is 26.2 Å². The molecule has 0 aromatic carbocycles. The molecular formula is C8H14F3NO. The summed E-state index contributed by atoms with van der Waals surface area (Å²) in [6, 6.07) is 0. The zero-order valence-electron chi connectivity index (χ0n) is 7.51. The molecule has 1 aliphatic heterocycles. The number of alkyl halides is 3. The molecule has 0 aromatic heterocycles. The highest BCUT2D eigenvalue weighted by Crippen LogP contribution is 2.23. The van der Waals surface area contributed by atoms with E-state index in [-0.39, 0.29) is 12.5 Å². The van der Waals surface area contributed by atoms with Crippen molar-refractivity contribution in [3.8, 4) is 0 Å². The van der Waals surface area contributed by atoms with Gasteiger partial charge in [0.2, 0.25) is 0 Å². The maximum Gasteiger partial charge on any atom is 0.283 e. The number of rotatable bonds is 3. The second-order valence-corrected chi connectivity index (χ2v) is 3.70. The van der Waals surface area contributed by atoms with Crippen LogP contribution in [0.2, 0.25) is 0 Å². The largest absolute Gasteiger partial charge is 0.390 e. The molecule has 1 N–H and O–H groups in total. The third kappa shape index (κ3) is 2.84. The molecular weight excluding hydrogens is 183 g/mol. The van der Waals surface area contributed by atoms with Crippen molar-refractivity contribution < 1.29 is 18.3 Å². The molecule has 1 heterocycles. The molecule has 2 atom stereocenters. The molecule has 0 saturated carbocycles. The molecule has 0 amide bonds. The summed E-state index contributed by atoms with van der Waals surface area (Å²) in [5.41, 5.74) is 0. The van der Waals surface area contributed by atoms with Crippen LogP contribution in [0.15, 0.2) is 0 Å². The molecule has 1 rings (SSSR count). The van der Waals surface area contributed by atoms with Crippen LogP contribution in [0.4, 0.5) is 13.2 Å². The standard InChI is InChI=1S/C8H14F3NO/c1-6-2-12(3-7(6)9)4-8(10,11)5-13/h6-7,13H,2-5H2,1H3. The van der Waals surface area contributed by atoms with Gasteiger partial charge in [0.05, 0.1) is 6.54 Å². The lowest BCUT2D eigenvalue weighted by Gasteiger charge is -2.21. The zero-order valence-corrected chi connectivity index (χ0v) is 7.51. The summed E-state index contributed by atoms with van der Waals surface area (Å²) in [5, 5.41) is 8.32. The van der Waals surface area contributed by atoms with Crippen molar-refractivity contribution >= 4 is 0 Å². The minimum atomic E-state index is -3.11. The molecule has 2 unspecified atom stereocenters. The number of nitrogens with zero attached hydrogens (tertiary/aromatic N) is 1. The molecule has 1 aliphatic rings. The van der Waals surface area contributed by atoms with Crippen LogP contribution in [-0.2, 0) is 0 Å². The van der Waals surface area contributed by atoms with Gasteiger partial charge in [-0.1, -0.05) is 6.92 Å². The average molecular weight is 197 g/mol. The quantitative estimate of drug-likeness (QED) is 0.726. The minimum absolute atomic E-state index is 0.0523. The third-order valence-corrected chi connectivity index (χ3v) is 2.28. The van der Waals surface area contributed by atoms with Crippen molar-refractivity contribution in [1.29, 1.82) is 0 Å². The third-order valence-electron chi connectivity index (χ3n) is 2.28. The highest BCUT2D eigenvalue weighted by molar-refractivity contribution is 4.84. The normalized spacial score (nSPS) is 31.2. The molecule has 0 aliphatic carbocycles. The van der Waals surface area contributed by atoms with Gasteiger partial charge in [-0.3, -0.25) is 4.90 Å². The Hall–Kier alpha value is -0.290. The lowest BCUT2D eigenvalue weighted by Crippen LogP contribution is -2.38. The van der Waals surface area contributed by atoms with E-state index in [2.05, 4.69) is 0 Å². The molecule has 0 radical (unpaired) electrons. The van der Waals surface area contributed by atoms with Crippen molar-refractivity contribution in [3.05, 3.63) is 0 Å². The zero-order chi connectivity index (χ0) is 10.1. The number of aliphatic hydroxyl groups is 1. The summed E-state index contributed by atoms with van der Waals surface area (Å²) in [7, 11) is 0. The summed E-state index contributed by atoms with van der Waals surface area (Å²) < 4.78 is 38.2. The topological polar surface area (TPSA) is 23.5 Å². The number of likely N-dealkylation sites (tertiary alicyclic amines) is 1. The van der Waals surface area contributed by atoms with Gasteiger partial charge >= 0.3 is 0 Å². The smallest absolute Gasteiger partial charge is 0.283 e. The fourth-order valence-corrected chi connectivity index (χ4v) is 1.53. The second-order valence-electron chi connectivity index (χ2n) is 3.70. The Morgan fingerprint density at radius 2 is 2.08 bits per heavy atom. The van der Waals surface area contributed by atoms with E-state index in [9.17, 15) is 13.2 Å². The minimum Gasteiger partial charge on any atom is -0.390 e. The van der Waals surface area contributed by atoms with Gasteiger partial charge in [0.15, 0.2) is 0 Å². The van der Waals surface area contributed by atoms with E-state index < -0.39 is 25.2 Å². The molecule has 0 bridgehead atoms. The van der Waals surface area contributed by atoms with E-state index in [1.807, 2.05) is 0 Å². The van der Waals surface area contributed by atoms with Gasteiger partial charge in [-0.15, -0.1) is 0 Å². The molecule has 0 spiro atoms. The number of halogens is 3. The Morgan fingerprint density at radius 3 is 2.46 bits per heavy atom. The summed E-state index contributed by atoms with van der Waals surface area (Å²) in [6.45, 7) is 0.373. The maximum atomic E-state index is 12.9. The molecule has 78 valence electrons. The molecule has 13 heavy (non-hydrogen) atoms. The number of aliphatic hydroxyl groups excluding tert-OH is 1. The van der Waals surface area contributed by atoms with Gasteiger partial charge in [-0.25, -0.2) is 13.2 Å². The van der Waals surface area contributed by atoms with Crippen molar-refractivity contribution in [1.82, 2.24) is 4.90 Å². The lowest BCUT2D eigenvalue weighted by atomic mass is 10.1. The van der Waals surface area contributed by atoms with Crippen molar-refractivity contribution in [2.24, 2.45) is 5.92 Å². The van der Waals surface area contributed by atoms with Crippen LogP contribution in [0.25, 0.3) is 0 Å². The molecule has 1 fully saturated rings. The summed E-state index contributed by atoms with van der Waals surface area (Å²) >= 11 is 0.